The molecular weight excluding hydrogens is 406 g/mol. The number of nitro benzene ring substituents is 1. The Bertz CT molecular complexity index is 933. The molecule has 0 amide bonds. The van der Waals surface area contributed by atoms with Gasteiger partial charge in [0.2, 0.25) is 0 Å². The second-order valence-corrected chi connectivity index (χ2v) is 8.50. The number of hydrogen-bond donors (Lipinski definition) is 0. The lowest BCUT2D eigenvalue weighted by Crippen LogP contribution is -2.43. The van der Waals surface area contributed by atoms with Crippen molar-refractivity contribution in [2.75, 3.05) is 43.7 Å². The standard InChI is InChI=1S/C18H20ClN3O5S/c19-15-6-7-17(22(23)24)18(14-15)28(25,26)21(16-4-2-1-3-5-16)9-8-20-10-12-27-13-11-20/h1-7,14H,8-13H2. The van der Waals surface area contributed by atoms with Gasteiger partial charge >= 0.3 is 0 Å². The van der Waals surface area contributed by atoms with E-state index < -0.39 is 25.5 Å². The molecule has 0 spiro atoms. The van der Waals surface area contributed by atoms with Crippen molar-refractivity contribution < 1.29 is 18.1 Å². The Hall–Kier alpha value is -2.20. The average molecular weight is 426 g/mol. The van der Waals surface area contributed by atoms with E-state index in [-0.39, 0.29) is 11.6 Å². The molecule has 8 nitrogen and oxygen atoms in total. The van der Waals surface area contributed by atoms with Gasteiger partial charge in [-0.2, -0.15) is 0 Å². The number of benzene rings is 2. The zero-order valence-electron chi connectivity index (χ0n) is 15.0. The van der Waals surface area contributed by atoms with Crippen LogP contribution in [0.5, 0.6) is 0 Å². The van der Waals surface area contributed by atoms with Gasteiger partial charge in [0, 0.05) is 37.3 Å². The quantitative estimate of drug-likeness (QED) is 0.500. The van der Waals surface area contributed by atoms with Crippen LogP contribution in [0, 0.1) is 10.1 Å². The van der Waals surface area contributed by atoms with Crippen molar-refractivity contribution in [1.29, 1.82) is 0 Å². The summed E-state index contributed by atoms with van der Waals surface area (Å²) in [6.45, 7) is 3.23. The highest BCUT2D eigenvalue weighted by Crippen LogP contribution is 2.32. The molecular formula is C18H20ClN3O5S. The van der Waals surface area contributed by atoms with Gasteiger partial charge in [0.1, 0.15) is 0 Å². The Morgan fingerprint density at radius 2 is 1.82 bits per heavy atom. The van der Waals surface area contributed by atoms with Crippen LogP contribution in [0.3, 0.4) is 0 Å². The molecule has 2 aromatic rings. The number of nitrogens with zero attached hydrogens (tertiary/aromatic N) is 3. The number of ether oxygens (including phenoxy) is 1. The smallest absolute Gasteiger partial charge is 0.289 e. The van der Waals surface area contributed by atoms with Gasteiger partial charge in [0.25, 0.3) is 15.7 Å². The molecule has 1 aliphatic rings. The molecule has 1 heterocycles. The van der Waals surface area contributed by atoms with Gasteiger partial charge < -0.3 is 4.74 Å². The van der Waals surface area contributed by atoms with Crippen molar-refractivity contribution >= 4 is 33.0 Å². The lowest BCUT2D eigenvalue weighted by Gasteiger charge is -2.30. The van der Waals surface area contributed by atoms with Crippen molar-refractivity contribution in [1.82, 2.24) is 4.90 Å². The Kier molecular flexibility index (Phi) is 6.50. The van der Waals surface area contributed by atoms with Gasteiger partial charge in [-0.15, -0.1) is 0 Å². The van der Waals surface area contributed by atoms with Crippen LogP contribution in [0.25, 0.3) is 0 Å². The van der Waals surface area contributed by atoms with Gasteiger partial charge in [0.05, 0.1) is 23.8 Å². The molecule has 1 fully saturated rings. The lowest BCUT2D eigenvalue weighted by molar-refractivity contribution is -0.387. The van der Waals surface area contributed by atoms with Crippen LogP contribution in [-0.4, -0.2) is 57.6 Å². The van der Waals surface area contributed by atoms with E-state index in [2.05, 4.69) is 4.90 Å². The summed E-state index contributed by atoms with van der Waals surface area (Å²) in [4.78, 5) is 12.4. The van der Waals surface area contributed by atoms with Crippen molar-refractivity contribution in [2.24, 2.45) is 0 Å². The summed E-state index contributed by atoms with van der Waals surface area (Å²) >= 11 is 5.95. The zero-order valence-corrected chi connectivity index (χ0v) is 16.6. The maximum Gasteiger partial charge on any atom is 0.289 e. The molecule has 2 aromatic carbocycles. The Labute approximate surface area is 168 Å². The van der Waals surface area contributed by atoms with Crippen LogP contribution in [-0.2, 0) is 14.8 Å². The van der Waals surface area contributed by atoms with E-state index >= 15 is 0 Å². The molecule has 3 rings (SSSR count). The van der Waals surface area contributed by atoms with Crippen LogP contribution >= 0.6 is 11.6 Å². The number of morpholine rings is 1. The molecule has 0 atom stereocenters. The zero-order chi connectivity index (χ0) is 20.1. The minimum absolute atomic E-state index is 0.116. The maximum atomic E-state index is 13.4. The van der Waals surface area contributed by atoms with Crippen LogP contribution in [0.1, 0.15) is 0 Å². The Balaban J connectivity index is 1.99. The first-order chi connectivity index (χ1) is 13.4. The topological polar surface area (TPSA) is 93.0 Å². The molecule has 28 heavy (non-hydrogen) atoms. The fraction of sp³-hybridized carbons (Fsp3) is 0.333. The summed E-state index contributed by atoms with van der Waals surface area (Å²) in [7, 11) is -4.20. The molecule has 150 valence electrons. The summed E-state index contributed by atoms with van der Waals surface area (Å²) in [5.41, 5.74) is -0.0678. The molecule has 0 bridgehead atoms. The van der Waals surface area contributed by atoms with E-state index in [1.54, 1.807) is 30.3 Å². The number of halogens is 1. The summed E-state index contributed by atoms with van der Waals surface area (Å²) < 4.78 is 33.3. The molecule has 1 saturated heterocycles. The number of nitro groups is 1. The SMILES string of the molecule is O=[N+]([O-])c1ccc(Cl)cc1S(=O)(=O)N(CCN1CCOCC1)c1ccccc1. The number of sulfonamides is 1. The summed E-state index contributed by atoms with van der Waals surface area (Å²) in [6.07, 6.45) is 0. The van der Waals surface area contributed by atoms with E-state index in [0.717, 1.165) is 12.1 Å². The highest BCUT2D eigenvalue weighted by atomic mass is 35.5. The minimum atomic E-state index is -4.20. The fourth-order valence-corrected chi connectivity index (χ4v) is 4.88. The summed E-state index contributed by atoms with van der Waals surface area (Å²) in [6, 6.07) is 12.1. The van der Waals surface area contributed by atoms with Crippen molar-refractivity contribution in [3.63, 3.8) is 0 Å². The number of rotatable bonds is 7. The Morgan fingerprint density at radius 3 is 2.46 bits per heavy atom. The first-order valence-electron chi connectivity index (χ1n) is 8.71. The third kappa shape index (κ3) is 4.61. The Morgan fingerprint density at radius 1 is 1.14 bits per heavy atom. The van der Waals surface area contributed by atoms with E-state index in [4.69, 9.17) is 16.3 Å². The third-order valence-electron chi connectivity index (χ3n) is 4.45. The molecule has 0 saturated carbocycles. The first-order valence-corrected chi connectivity index (χ1v) is 10.5. The molecule has 1 aliphatic heterocycles. The monoisotopic (exact) mass is 425 g/mol. The van der Waals surface area contributed by atoms with Crippen LogP contribution in [0.4, 0.5) is 11.4 Å². The molecule has 0 aromatic heterocycles. The molecule has 0 unspecified atom stereocenters. The van der Waals surface area contributed by atoms with Crippen molar-refractivity contribution in [3.05, 3.63) is 63.7 Å². The van der Waals surface area contributed by atoms with Gasteiger partial charge in [-0.1, -0.05) is 29.8 Å². The lowest BCUT2D eigenvalue weighted by atomic mass is 10.3. The summed E-state index contributed by atoms with van der Waals surface area (Å²) in [5.74, 6) is 0. The first kappa shape index (κ1) is 20.5. The van der Waals surface area contributed by atoms with Gasteiger partial charge in [-0.05, 0) is 24.3 Å². The molecule has 0 N–H and O–H groups in total. The van der Waals surface area contributed by atoms with Gasteiger partial charge in [0.15, 0.2) is 4.90 Å². The van der Waals surface area contributed by atoms with Crippen molar-refractivity contribution in [3.8, 4) is 0 Å². The molecule has 0 radical (unpaired) electrons. The minimum Gasteiger partial charge on any atom is -0.379 e. The number of para-hydroxylation sites is 1. The van der Waals surface area contributed by atoms with E-state index in [0.29, 0.717) is 38.5 Å². The maximum absolute atomic E-state index is 13.4. The van der Waals surface area contributed by atoms with E-state index in [9.17, 15) is 18.5 Å². The highest BCUT2D eigenvalue weighted by molar-refractivity contribution is 7.93. The molecule has 10 heteroatoms. The van der Waals surface area contributed by atoms with E-state index in [1.165, 1.54) is 10.4 Å². The largest absolute Gasteiger partial charge is 0.379 e. The number of anilines is 1. The predicted octanol–water partition coefficient (Wildman–Crippen LogP) is 2.78. The second kappa shape index (κ2) is 8.87. The number of hydrogen-bond acceptors (Lipinski definition) is 6. The van der Waals surface area contributed by atoms with Gasteiger partial charge in [-0.25, -0.2) is 8.42 Å². The van der Waals surface area contributed by atoms with E-state index in [1.807, 2.05) is 0 Å². The fourth-order valence-electron chi connectivity index (χ4n) is 3.00. The highest BCUT2D eigenvalue weighted by Gasteiger charge is 2.32. The van der Waals surface area contributed by atoms with Crippen LogP contribution in [0.2, 0.25) is 5.02 Å². The summed E-state index contributed by atoms with van der Waals surface area (Å²) in [5, 5.41) is 11.5. The molecule has 0 aliphatic carbocycles. The third-order valence-corrected chi connectivity index (χ3v) is 6.55. The van der Waals surface area contributed by atoms with Crippen LogP contribution in [0.15, 0.2) is 53.4 Å². The van der Waals surface area contributed by atoms with Gasteiger partial charge in [-0.3, -0.25) is 19.3 Å². The van der Waals surface area contributed by atoms with Crippen molar-refractivity contribution in [2.45, 2.75) is 4.90 Å². The normalized spacial score (nSPS) is 15.3. The average Bonchev–Trinajstić information content (AvgIpc) is 2.69. The second-order valence-electron chi connectivity index (χ2n) is 6.24. The predicted molar refractivity (Wildman–Crippen MR) is 106 cm³/mol. The van der Waals surface area contributed by atoms with Crippen LogP contribution < -0.4 is 4.31 Å².